The summed E-state index contributed by atoms with van der Waals surface area (Å²) in [4.78, 5) is 0. The maximum Gasteiger partial charge on any atom is 0.211 e. The minimum atomic E-state index is -3.21. The van der Waals surface area contributed by atoms with E-state index in [0.29, 0.717) is 31.7 Å². The van der Waals surface area contributed by atoms with Gasteiger partial charge in [0.2, 0.25) is 10.0 Å². The number of nitriles is 1. The van der Waals surface area contributed by atoms with E-state index in [4.69, 9.17) is 10.00 Å². The van der Waals surface area contributed by atoms with E-state index in [9.17, 15) is 8.42 Å². The summed E-state index contributed by atoms with van der Waals surface area (Å²) in [6.45, 7) is 3.40. The van der Waals surface area contributed by atoms with Crippen molar-refractivity contribution in [2.75, 3.05) is 18.1 Å². The number of anilines is 2. The summed E-state index contributed by atoms with van der Waals surface area (Å²) in [5, 5.41) is 12.5. The summed E-state index contributed by atoms with van der Waals surface area (Å²) in [5.41, 5.74) is 6.83. The number of aryl methyl sites for hydroxylation is 1. The molecule has 33 heavy (non-hydrogen) atoms. The Hall–Kier alpha value is -3.34. The van der Waals surface area contributed by atoms with E-state index in [2.05, 4.69) is 24.4 Å². The molecule has 0 aromatic heterocycles. The molecule has 3 aromatic carbocycles. The number of sulfonamides is 1. The van der Waals surface area contributed by atoms with Crippen LogP contribution in [0.25, 0.3) is 0 Å². The van der Waals surface area contributed by atoms with Crippen LogP contribution in [0.5, 0.6) is 5.75 Å². The zero-order chi connectivity index (χ0) is 23.4. The number of nitrogens with one attached hydrogen (secondary N) is 1. The van der Waals surface area contributed by atoms with E-state index in [1.165, 1.54) is 10.6 Å². The molecule has 0 fully saturated rings. The van der Waals surface area contributed by atoms with Crippen LogP contribution in [0, 0.1) is 11.3 Å². The number of fused-ring (bicyclic) bond motifs is 1. The van der Waals surface area contributed by atoms with Crippen molar-refractivity contribution in [2.45, 2.75) is 32.9 Å². The standard InChI is InChI=1S/C26H27N3O3S/c1-3-21-11-12-23(15-26(21)32-18-20-9-7-19(16-27)8-10-20)28-25-6-4-5-22-17-29(33(2,30)31)14-13-24(22)25/h4-12,15,28H,3,13-14,17-18H2,1-2H3. The molecule has 0 radical (unpaired) electrons. The molecule has 6 nitrogen and oxygen atoms in total. The number of hydrogen-bond acceptors (Lipinski definition) is 5. The first kappa shape index (κ1) is 22.8. The van der Waals surface area contributed by atoms with Gasteiger partial charge in [0, 0.05) is 30.5 Å². The van der Waals surface area contributed by atoms with Gasteiger partial charge in [0.25, 0.3) is 0 Å². The third-order valence-corrected chi connectivity index (χ3v) is 7.15. The molecule has 1 N–H and O–H groups in total. The van der Waals surface area contributed by atoms with E-state index < -0.39 is 10.0 Å². The second-order valence-corrected chi connectivity index (χ2v) is 10.2. The monoisotopic (exact) mass is 461 g/mol. The number of rotatable bonds is 7. The molecule has 0 bridgehead atoms. The lowest BCUT2D eigenvalue weighted by Gasteiger charge is -2.28. The number of ether oxygens (including phenoxy) is 1. The molecule has 0 spiro atoms. The van der Waals surface area contributed by atoms with Crippen molar-refractivity contribution in [3.8, 4) is 11.8 Å². The fourth-order valence-corrected chi connectivity index (χ4v) is 4.83. The van der Waals surface area contributed by atoms with Crippen LogP contribution >= 0.6 is 0 Å². The Labute approximate surface area is 195 Å². The van der Waals surface area contributed by atoms with Crippen LogP contribution in [0.15, 0.2) is 60.7 Å². The van der Waals surface area contributed by atoms with Gasteiger partial charge in [0.15, 0.2) is 0 Å². The zero-order valence-electron chi connectivity index (χ0n) is 18.8. The third kappa shape index (κ3) is 5.36. The van der Waals surface area contributed by atoms with E-state index in [0.717, 1.165) is 45.8 Å². The lowest BCUT2D eigenvalue weighted by molar-refractivity contribution is 0.303. The molecule has 1 aliphatic heterocycles. The van der Waals surface area contributed by atoms with E-state index in [-0.39, 0.29) is 0 Å². The van der Waals surface area contributed by atoms with Gasteiger partial charge in [-0.2, -0.15) is 9.57 Å². The van der Waals surface area contributed by atoms with Gasteiger partial charge in [-0.05, 0) is 59.4 Å². The summed E-state index contributed by atoms with van der Waals surface area (Å²) in [6, 6.07) is 21.6. The van der Waals surface area contributed by atoms with Crippen molar-refractivity contribution in [2.24, 2.45) is 0 Å². The molecule has 0 unspecified atom stereocenters. The number of nitrogens with zero attached hydrogens (tertiary/aromatic N) is 2. The van der Waals surface area contributed by atoms with Crippen LogP contribution in [0.3, 0.4) is 0 Å². The van der Waals surface area contributed by atoms with Crippen LogP contribution in [0.2, 0.25) is 0 Å². The molecule has 170 valence electrons. The Kier molecular flexibility index (Phi) is 6.68. The van der Waals surface area contributed by atoms with Gasteiger partial charge in [-0.1, -0.05) is 37.3 Å². The topological polar surface area (TPSA) is 82.4 Å². The first-order chi connectivity index (χ1) is 15.9. The third-order valence-electron chi connectivity index (χ3n) is 5.90. The quantitative estimate of drug-likeness (QED) is 0.549. The highest BCUT2D eigenvalue weighted by atomic mass is 32.2. The molecule has 4 rings (SSSR count). The molecular formula is C26H27N3O3S. The van der Waals surface area contributed by atoms with Crippen LogP contribution in [-0.2, 0) is 36.0 Å². The predicted molar refractivity (Wildman–Crippen MR) is 130 cm³/mol. The second-order valence-electron chi connectivity index (χ2n) is 8.19. The SMILES string of the molecule is CCc1ccc(Nc2cccc3c2CCN(S(C)(=O)=O)C3)cc1OCc1ccc(C#N)cc1. The summed E-state index contributed by atoms with van der Waals surface area (Å²) in [7, 11) is -3.21. The zero-order valence-corrected chi connectivity index (χ0v) is 19.7. The average molecular weight is 462 g/mol. The molecule has 1 heterocycles. The molecule has 3 aromatic rings. The van der Waals surface area contributed by atoms with Gasteiger partial charge < -0.3 is 10.1 Å². The predicted octanol–water partition coefficient (Wildman–Crippen LogP) is 4.76. The fraction of sp³-hybridized carbons (Fsp3) is 0.269. The summed E-state index contributed by atoms with van der Waals surface area (Å²) >= 11 is 0. The smallest absolute Gasteiger partial charge is 0.211 e. The molecule has 0 atom stereocenters. The van der Waals surface area contributed by atoms with Crippen LogP contribution in [-0.4, -0.2) is 25.5 Å². The maximum absolute atomic E-state index is 11.9. The molecular weight excluding hydrogens is 434 g/mol. The average Bonchev–Trinajstić information content (AvgIpc) is 2.82. The molecule has 0 amide bonds. The minimum Gasteiger partial charge on any atom is -0.489 e. The Bertz CT molecular complexity index is 1300. The van der Waals surface area contributed by atoms with Crippen molar-refractivity contribution >= 4 is 21.4 Å². The van der Waals surface area contributed by atoms with Gasteiger partial charge in [0.1, 0.15) is 12.4 Å². The summed E-state index contributed by atoms with van der Waals surface area (Å²) < 4.78 is 31.5. The van der Waals surface area contributed by atoms with Gasteiger partial charge in [0.05, 0.1) is 17.9 Å². The van der Waals surface area contributed by atoms with Gasteiger partial charge in [-0.3, -0.25) is 0 Å². The largest absolute Gasteiger partial charge is 0.489 e. The molecule has 0 saturated carbocycles. The molecule has 1 aliphatic rings. The van der Waals surface area contributed by atoms with Crippen molar-refractivity contribution in [3.05, 3.63) is 88.5 Å². The van der Waals surface area contributed by atoms with Crippen LogP contribution in [0.1, 0.15) is 34.7 Å². The Morgan fingerprint density at radius 3 is 2.61 bits per heavy atom. The highest BCUT2D eigenvalue weighted by Crippen LogP contribution is 2.32. The van der Waals surface area contributed by atoms with Crippen molar-refractivity contribution in [1.29, 1.82) is 5.26 Å². The minimum absolute atomic E-state index is 0.400. The van der Waals surface area contributed by atoms with Crippen molar-refractivity contribution < 1.29 is 13.2 Å². The van der Waals surface area contributed by atoms with E-state index in [1.807, 2.05) is 42.5 Å². The van der Waals surface area contributed by atoms with Crippen molar-refractivity contribution in [1.82, 2.24) is 4.31 Å². The summed E-state index contributed by atoms with van der Waals surface area (Å²) in [6.07, 6.45) is 2.78. The van der Waals surface area contributed by atoms with Gasteiger partial charge in [-0.15, -0.1) is 0 Å². The van der Waals surface area contributed by atoms with Gasteiger partial charge >= 0.3 is 0 Å². The fourth-order valence-electron chi connectivity index (χ4n) is 4.03. The van der Waals surface area contributed by atoms with Crippen LogP contribution in [0.4, 0.5) is 11.4 Å². The lowest BCUT2D eigenvalue weighted by Crippen LogP contribution is -2.35. The number of hydrogen-bond donors (Lipinski definition) is 1. The molecule has 0 aliphatic carbocycles. The highest BCUT2D eigenvalue weighted by Gasteiger charge is 2.24. The number of benzene rings is 3. The van der Waals surface area contributed by atoms with E-state index >= 15 is 0 Å². The molecule has 7 heteroatoms. The Morgan fingerprint density at radius 2 is 1.91 bits per heavy atom. The second kappa shape index (κ2) is 9.65. The summed E-state index contributed by atoms with van der Waals surface area (Å²) in [5.74, 6) is 0.819. The maximum atomic E-state index is 11.9. The van der Waals surface area contributed by atoms with E-state index in [1.54, 1.807) is 12.1 Å². The normalized spacial score (nSPS) is 13.7. The first-order valence-corrected chi connectivity index (χ1v) is 12.8. The molecule has 0 saturated heterocycles. The van der Waals surface area contributed by atoms with Crippen LogP contribution < -0.4 is 10.1 Å². The van der Waals surface area contributed by atoms with Crippen molar-refractivity contribution in [3.63, 3.8) is 0 Å². The Morgan fingerprint density at radius 1 is 1.12 bits per heavy atom. The highest BCUT2D eigenvalue weighted by molar-refractivity contribution is 7.88. The van der Waals surface area contributed by atoms with Gasteiger partial charge in [-0.25, -0.2) is 8.42 Å². The first-order valence-electron chi connectivity index (χ1n) is 10.9. The Balaban J connectivity index is 1.53. The lowest BCUT2D eigenvalue weighted by atomic mass is 9.99.